The van der Waals surface area contributed by atoms with Crippen LogP contribution in [-0.4, -0.2) is 17.0 Å². The fraction of sp³-hybridized carbons (Fsp3) is 0.842. The molecule has 0 radical (unpaired) electrons. The van der Waals surface area contributed by atoms with Crippen molar-refractivity contribution in [2.45, 2.75) is 71.3 Å². The Labute approximate surface area is 128 Å². The van der Waals surface area contributed by atoms with Gasteiger partial charge >= 0.3 is 0 Å². The third-order valence-corrected chi connectivity index (χ3v) is 7.67. The molecule has 0 aromatic rings. The zero-order valence-electron chi connectivity index (χ0n) is 13.4. The molecule has 0 aromatic heterocycles. The predicted octanol–water partition coefficient (Wildman–Crippen LogP) is 3.88. The molecule has 3 fully saturated rings. The van der Waals surface area contributed by atoms with Crippen LogP contribution in [0, 0.1) is 28.6 Å². The smallest absolute Gasteiger partial charge is 0.155 e. The van der Waals surface area contributed by atoms with Crippen LogP contribution in [0.4, 0.5) is 0 Å². The van der Waals surface area contributed by atoms with Gasteiger partial charge in [0.15, 0.2) is 5.78 Å². The van der Waals surface area contributed by atoms with Crippen LogP contribution in [-0.2, 0) is 4.79 Å². The van der Waals surface area contributed by atoms with Gasteiger partial charge in [-0.2, -0.15) is 0 Å². The minimum atomic E-state index is -0.170. The molecule has 0 bridgehead atoms. The Morgan fingerprint density at radius 3 is 2.81 bits per heavy atom. The van der Waals surface area contributed by atoms with Gasteiger partial charge in [0, 0.05) is 6.42 Å². The summed E-state index contributed by atoms with van der Waals surface area (Å²) in [7, 11) is 0. The predicted molar refractivity (Wildman–Crippen MR) is 82.7 cm³/mol. The fourth-order valence-corrected chi connectivity index (χ4v) is 6.70. The highest BCUT2D eigenvalue weighted by Crippen LogP contribution is 2.65. The third-order valence-electron chi connectivity index (χ3n) is 7.67. The SMILES string of the molecule is C[C@]12CCC[C@@H]1[C@@H]1CCC3=CC(=O)CC[C@@]3(C)[C@H]1[C@H](O)C2. The van der Waals surface area contributed by atoms with E-state index in [1.807, 2.05) is 6.08 Å². The van der Waals surface area contributed by atoms with Crippen LogP contribution in [0.3, 0.4) is 0 Å². The molecular weight excluding hydrogens is 260 g/mol. The molecule has 4 aliphatic rings. The topological polar surface area (TPSA) is 37.3 Å². The first kappa shape index (κ1) is 14.0. The molecule has 3 saturated carbocycles. The van der Waals surface area contributed by atoms with Crippen LogP contribution >= 0.6 is 0 Å². The molecular formula is C19H28O2. The van der Waals surface area contributed by atoms with E-state index in [0.29, 0.717) is 29.5 Å². The van der Waals surface area contributed by atoms with E-state index in [2.05, 4.69) is 13.8 Å². The summed E-state index contributed by atoms with van der Waals surface area (Å²) < 4.78 is 0. The number of aliphatic hydroxyl groups excluding tert-OH is 1. The zero-order chi connectivity index (χ0) is 14.8. The number of ketones is 1. The summed E-state index contributed by atoms with van der Waals surface area (Å²) in [6.07, 6.45) is 10.7. The third kappa shape index (κ3) is 1.84. The number of allylic oxidation sites excluding steroid dienone is 1. The molecule has 0 spiro atoms. The van der Waals surface area contributed by atoms with Gasteiger partial charge in [0.1, 0.15) is 0 Å². The lowest BCUT2D eigenvalue weighted by molar-refractivity contribution is -0.127. The summed E-state index contributed by atoms with van der Waals surface area (Å²) in [5.41, 5.74) is 1.81. The van der Waals surface area contributed by atoms with Gasteiger partial charge in [-0.3, -0.25) is 4.79 Å². The summed E-state index contributed by atoms with van der Waals surface area (Å²) in [5, 5.41) is 11.0. The van der Waals surface area contributed by atoms with Crippen molar-refractivity contribution in [3.8, 4) is 0 Å². The number of carbonyl (C=O) groups excluding carboxylic acids is 1. The van der Waals surface area contributed by atoms with E-state index in [1.165, 1.54) is 31.3 Å². The number of hydrogen-bond donors (Lipinski definition) is 1. The zero-order valence-corrected chi connectivity index (χ0v) is 13.4. The Kier molecular flexibility index (Phi) is 2.96. The minimum absolute atomic E-state index is 0.0835. The first-order chi connectivity index (χ1) is 9.94. The monoisotopic (exact) mass is 288 g/mol. The number of hydrogen-bond acceptors (Lipinski definition) is 2. The average Bonchev–Trinajstić information content (AvgIpc) is 2.80. The summed E-state index contributed by atoms with van der Waals surface area (Å²) in [4.78, 5) is 11.8. The lowest BCUT2D eigenvalue weighted by Crippen LogP contribution is -2.55. The van der Waals surface area contributed by atoms with Gasteiger partial charge < -0.3 is 5.11 Å². The van der Waals surface area contributed by atoms with Gasteiger partial charge in [-0.1, -0.05) is 25.8 Å². The van der Waals surface area contributed by atoms with E-state index >= 15 is 0 Å². The van der Waals surface area contributed by atoms with Gasteiger partial charge in [-0.05, 0) is 73.2 Å². The van der Waals surface area contributed by atoms with E-state index in [4.69, 9.17) is 0 Å². The molecule has 116 valence electrons. The molecule has 0 amide bonds. The van der Waals surface area contributed by atoms with Crippen molar-refractivity contribution in [1.29, 1.82) is 0 Å². The lowest BCUT2D eigenvalue weighted by atomic mass is 9.46. The number of fused-ring (bicyclic) bond motifs is 5. The van der Waals surface area contributed by atoms with Crippen LogP contribution < -0.4 is 0 Å². The van der Waals surface area contributed by atoms with Crippen molar-refractivity contribution in [1.82, 2.24) is 0 Å². The van der Waals surface area contributed by atoms with Gasteiger partial charge in [-0.25, -0.2) is 0 Å². The van der Waals surface area contributed by atoms with E-state index in [-0.39, 0.29) is 11.5 Å². The van der Waals surface area contributed by atoms with E-state index in [9.17, 15) is 9.90 Å². The van der Waals surface area contributed by atoms with Crippen molar-refractivity contribution in [2.75, 3.05) is 0 Å². The van der Waals surface area contributed by atoms with Gasteiger partial charge in [0.05, 0.1) is 6.10 Å². The van der Waals surface area contributed by atoms with Crippen LogP contribution in [0.5, 0.6) is 0 Å². The second kappa shape index (κ2) is 4.44. The van der Waals surface area contributed by atoms with Crippen molar-refractivity contribution >= 4 is 5.78 Å². The maximum Gasteiger partial charge on any atom is 0.155 e. The average molecular weight is 288 g/mol. The van der Waals surface area contributed by atoms with E-state index in [1.54, 1.807) is 0 Å². The van der Waals surface area contributed by atoms with Crippen molar-refractivity contribution in [2.24, 2.45) is 28.6 Å². The molecule has 2 nitrogen and oxygen atoms in total. The van der Waals surface area contributed by atoms with Crippen LogP contribution in [0.1, 0.15) is 65.2 Å². The van der Waals surface area contributed by atoms with Crippen LogP contribution in [0.15, 0.2) is 11.6 Å². The van der Waals surface area contributed by atoms with Crippen LogP contribution in [0.25, 0.3) is 0 Å². The molecule has 0 aromatic carbocycles. The number of carbonyl (C=O) groups is 1. The highest BCUT2D eigenvalue weighted by Gasteiger charge is 2.59. The summed E-state index contributed by atoms with van der Waals surface area (Å²) in [6.45, 7) is 4.76. The van der Waals surface area contributed by atoms with Gasteiger partial charge in [0.25, 0.3) is 0 Å². The minimum Gasteiger partial charge on any atom is -0.393 e. The first-order valence-corrected chi connectivity index (χ1v) is 8.86. The van der Waals surface area contributed by atoms with Gasteiger partial charge in [-0.15, -0.1) is 0 Å². The van der Waals surface area contributed by atoms with Gasteiger partial charge in [0.2, 0.25) is 0 Å². The van der Waals surface area contributed by atoms with Crippen molar-refractivity contribution in [3.05, 3.63) is 11.6 Å². The first-order valence-electron chi connectivity index (χ1n) is 8.86. The maximum absolute atomic E-state index is 11.8. The Balaban J connectivity index is 1.74. The Morgan fingerprint density at radius 2 is 2.00 bits per heavy atom. The van der Waals surface area contributed by atoms with E-state index in [0.717, 1.165) is 25.2 Å². The molecule has 4 rings (SSSR count). The molecule has 21 heavy (non-hydrogen) atoms. The maximum atomic E-state index is 11.8. The largest absolute Gasteiger partial charge is 0.393 e. The normalized spacial score (nSPS) is 52.7. The number of rotatable bonds is 0. The molecule has 0 saturated heterocycles. The van der Waals surface area contributed by atoms with E-state index < -0.39 is 0 Å². The second-order valence-electron chi connectivity index (χ2n) is 8.71. The number of aliphatic hydroxyl groups is 1. The van der Waals surface area contributed by atoms with Crippen LogP contribution in [0.2, 0.25) is 0 Å². The lowest BCUT2D eigenvalue weighted by Gasteiger charge is -2.59. The molecule has 0 unspecified atom stereocenters. The standard InChI is InChI=1S/C19H28O2/c1-18-8-3-4-15(18)14-6-5-12-10-13(20)7-9-19(12,2)17(14)16(21)11-18/h10,14-17,21H,3-9,11H2,1-2H3/t14-,15+,16+,17+,18+,19+/m0/s1. The molecule has 6 atom stereocenters. The van der Waals surface area contributed by atoms with Crippen molar-refractivity contribution in [3.63, 3.8) is 0 Å². The molecule has 0 aliphatic heterocycles. The van der Waals surface area contributed by atoms with Crippen molar-refractivity contribution < 1.29 is 9.90 Å². The highest BCUT2D eigenvalue weighted by atomic mass is 16.3. The molecule has 1 N–H and O–H groups in total. The Morgan fingerprint density at radius 1 is 1.19 bits per heavy atom. The summed E-state index contributed by atoms with van der Waals surface area (Å²) in [6, 6.07) is 0. The summed E-state index contributed by atoms with van der Waals surface area (Å²) >= 11 is 0. The Bertz CT molecular complexity index is 508. The molecule has 0 heterocycles. The highest BCUT2D eigenvalue weighted by molar-refractivity contribution is 5.91. The molecule has 2 heteroatoms. The second-order valence-corrected chi connectivity index (χ2v) is 8.71. The molecule has 4 aliphatic carbocycles. The fourth-order valence-electron chi connectivity index (χ4n) is 6.70. The quantitative estimate of drug-likeness (QED) is 0.734. The Hall–Kier alpha value is -0.630. The summed E-state index contributed by atoms with van der Waals surface area (Å²) in [5.74, 6) is 2.18.